The molecule has 29 heavy (non-hydrogen) atoms. The molecule has 4 rings (SSSR count). The van der Waals surface area contributed by atoms with Crippen molar-refractivity contribution in [3.05, 3.63) is 78.1 Å². The van der Waals surface area contributed by atoms with Gasteiger partial charge in [0.05, 0.1) is 23.6 Å². The predicted molar refractivity (Wildman–Crippen MR) is 112 cm³/mol. The molecule has 3 aromatic rings. The smallest absolute Gasteiger partial charge is 0.259 e. The quantitative estimate of drug-likeness (QED) is 0.675. The lowest BCUT2D eigenvalue weighted by molar-refractivity contribution is 0.102. The largest absolute Gasteiger partial charge is 0.488 e. The van der Waals surface area contributed by atoms with E-state index in [4.69, 9.17) is 4.74 Å². The highest BCUT2D eigenvalue weighted by molar-refractivity contribution is 6.06. The minimum absolute atomic E-state index is 0.238. The van der Waals surface area contributed by atoms with Crippen LogP contribution in [0.15, 0.2) is 67.0 Å². The van der Waals surface area contributed by atoms with Crippen molar-refractivity contribution < 1.29 is 9.53 Å². The summed E-state index contributed by atoms with van der Waals surface area (Å²) in [5.74, 6) is 0.310. The van der Waals surface area contributed by atoms with E-state index in [0.29, 0.717) is 23.6 Å². The topological polar surface area (TPSA) is 79.4 Å². The molecule has 0 bridgehead atoms. The Hall–Kier alpha value is -3.45. The van der Waals surface area contributed by atoms with Gasteiger partial charge in [-0.05, 0) is 29.8 Å². The van der Waals surface area contributed by atoms with Gasteiger partial charge in [-0.15, -0.1) is 0 Å². The molecule has 0 aliphatic carbocycles. The molecule has 7 nitrogen and oxygen atoms in total. The normalized spacial score (nSPS) is 13.7. The summed E-state index contributed by atoms with van der Waals surface area (Å²) in [5.41, 5.74) is 3.14. The Morgan fingerprint density at radius 1 is 1.07 bits per heavy atom. The van der Waals surface area contributed by atoms with Crippen LogP contribution in [-0.2, 0) is 6.61 Å². The van der Waals surface area contributed by atoms with Gasteiger partial charge in [-0.2, -0.15) is 10.2 Å². The lowest BCUT2D eigenvalue weighted by atomic mass is 10.1. The molecule has 1 aliphatic heterocycles. The third-order valence-corrected chi connectivity index (χ3v) is 4.77. The lowest BCUT2D eigenvalue weighted by Crippen LogP contribution is -2.43. The molecule has 0 atom stereocenters. The van der Waals surface area contributed by atoms with Crippen molar-refractivity contribution >= 4 is 17.3 Å². The third-order valence-electron chi connectivity index (χ3n) is 4.77. The van der Waals surface area contributed by atoms with Gasteiger partial charge in [-0.25, -0.2) is 0 Å². The highest BCUT2D eigenvalue weighted by atomic mass is 16.5. The molecule has 2 N–H and O–H groups in total. The lowest BCUT2D eigenvalue weighted by Gasteiger charge is -2.30. The Balaban J connectivity index is 1.59. The van der Waals surface area contributed by atoms with Gasteiger partial charge in [0.2, 0.25) is 0 Å². The maximum absolute atomic E-state index is 13.0. The van der Waals surface area contributed by atoms with Gasteiger partial charge >= 0.3 is 0 Å². The molecule has 0 unspecified atom stereocenters. The molecule has 2 heterocycles. The summed E-state index contributed by atoms with van der Waals surface area (Å²) in [4.78, 5) is 15.3. The zero-order valence-electron chi connectivity index (χ0n) is 16.0. The Bertz CT molecular complexity index is 944. The molecule has 0 saturated carbocycles. The highest BCUT2D eigenvalue weighted by Crippen LogP contribution is 2.27. The molecule has 7 heteroatoms. The number of carbonyl (C=O) groups excluding carboxylic acids is 1. The first-order valence-corrected chi connectivity index (χ1v) is 9.64. The first-order chi connectivity index (χ1) is 14.3. The summed E-state index contributed by atoms with van der Waals surface area (Å²) < 4.78 is 6.00. The number of amides is 1. The molecule has 1 aliphatic rings. The second-order valence-corrected chi connectivity index (χ2v) is 6.78. The maximum atomic E-state index is 13.0. The maximum Gasteiger partial charge on any atom is 0.259 e. The first-order valence-electron chi connectivity index (χ1n) is 9.64. The number of rotatable bonds is 6. The number of hydrogen-bond acceptors (Lipinski definition) is 6. The van der Waals surface area contributed by atoms with Crippen LogP contribution in [0.4, 0.5) is 11.4 Å². The molecular formula is C22H23N5O2. The Morgan fingerprint density at radius 3 is 2.66 bits per heavy atom. The van der Waals surface area contributed by atoms with E-state index >= 15 is 0 Å². The number of nitrogens with zero attached hydrogens (tertiary/aromatic N) is 3. The van der Waals surface area contributed by atoms with E-state index in [1.165, 1.54) is 6.20 Å². The SMILES string of the molecule is O=C(Nc1ccnnc1)c1cc(N2CCNCC2)ccc1OCc1ccccc1. The zero-order valence-corrected chi connectivity index (χ0v) is 16.0. The van der Waals surface area contributed by atoms with Crippen LogP contribution in [0.3, 0.4) is 0 Å². The van der Waals surface area contributed by atoms with Crippen LogP contribution in [0.2, 0.25) is 0 Å². The number of hydrogen-bond donors (Lipinski definition) is 2. The van der Waals surface area contributed by atoms with Crippen LogP contribution in [0, 0.1) is 0 Å². The fourth-order valence-corrected chi connectivity index (χ4v) is 3.24. The van der Waals surface area contributed by atoms with Crippen molar-refractivity contribution in [2.24, 2.45) is 0 Å². The molecule has 1 saturated heterocycles. The monoisotopic (exact) mass is 389 g/mol. The predicted octanol–water partition coefficient (Wildman–Crippen LogP) is 2.72. The van der Waals surface area contributed by atoms with Gasteiger partial charge in [0.15, 0.2) is 0 Å². The summed E-state index contributed by atoms with van der Waals surface area (Å²) in [5, 5.41) is 13.8. The van der Waals surface area contributed by atoms with Gasteiger partial charge in [-0.1, -0.05) is 30.3 Å². The van der Waals surface area contributed by atoms with Crippen molar-refractivity contribution in [3.8, 4) is 5.75 Å². The Morgan fingerprint density at radius 2 is 1.90 bits per heavy atom. The van der Waals surface area contributed by atoms with Gasteiger partial charge < -0.3 is 20.3 Å². The van der Waals surface area contributed by atoms with Crippen LogP contribution in [0.5, 0.6) is 5.75 Å². The van der Waals surface area contributed by atoms with Crippen molar-refractivity contribution in [2.75, 3.05) is 36.4 Å². The summed E-state index contributed by atoms with van der Waals surface area (Å²) in [7, 11) is 0. The van der Waals surface area contributed by atoms with Crippen LogP contribution in [-0.4, -0.2) is 42.3 Å². The average molecular weight is 389 g/mol. The second kappa shape index (κ2) is 9.16. The van der Waals surface area contributed by atoms with E-state index in [2.05, 4.69) is 25.7 Å². The number of aromatic nitrogens is 2. The number of ether oxygens (including phenoxy) is 1. The van der Waals surface area contributed by atoms with Crippen LogP contribution < -0.4 is 20.3 Å². The first kappa shape index (κ1) is 18.9. The van der Waals surface area contributed by atoms with E-state index in [1.807, 2.05) is 48.5 Å². The number of carbonyl (C=O) groups is 1. The van der Waals surface area contributed by atoms with Crippen LogP contribution in [0.1, 0.15) is 15.9 Å². The number of piperazine rings is 1. The van der Waals surface area contributed by atoms with Crippen LogP contribution in [0.25, 0.3) is 0 Å². The standard InChI is InChI=1S/C22H23N5O2/c28-22(26-18-8-9-24-25-15-18)20-14-19(27-12-10-23-11-13-27)6-7-21(20)29-16-17-4-2-1-3-5-17/h1-9,14-15,23H,10-13,16H2,(H,24,26,28). The van der Waals surface area contributed by atoms with E-state index < -0.39 is 0 Å². The molecule has 1 aromatic heterocycles. The van der Waals surface area contributed by atoms with E-state index in [-0.39, 0.29) is 5.91 Å². The summed E-state index contributed by atoms with van der Waals surface area (Å²) in [6, 6.07) is 17.4. The van der Waals surface area contributed by atoms with E-state index in [1.54, 1.807) is 12.3 Å². The van der Waals surface area contributed by atoms with Crippen molar-refractivity contribution in [1.29, 1.82) is 0 Å². The molecule has 0 spiro atoms. The highest BCUT2D eigenvalue weighted by Gasteiger charge is 2.18. The zero-order chi connectivity index (χ0) is 19.9. The van der Waals surface area contributed by atoms with E-state index in [0.717, 1.165) is 37.4 Å². The Kier molecular flexibility index (Phi) is 5.97. The number of benzene rings is 2. The fraction of sp³-hybridized carbons (Fsp3) is 0.227. The fourth-order valence-electron chi connectivity index (χ4n) is 3.24. The number of anilines is 2. The minimum atomic E-state index is -0.238. The van der Waals surface area contributed by atoms with Crippen molar-refractivity contribution in [2.45, 2.75) is 6.61 Å². The van der Waals surface area contributed by atoms with Crippen molar-refractivity contribution in [1.82, 2.24) is 15.5 Å². The van der Waals surface area contributed by atoms with Gasteiger partial charge in [-0.3, -0.25) is 4.79 Å². The molecule has 1 fully saturated rings. The van der Waals surface area contributed by atoms with Crippen LogP contribution >= 0.6 is 0 Å². The van der Waals surface area contributed by atoms with Gasteiger partial charge in [0.25, 0.3) is 5.91 Å². The van der Waals surface area contributed by atoms with Crippen molar-refractivity contribution in [3.63, 3.8) is 0 Å². The average Bonchev–Trinajstić information content (AvgIpc) is 2.79. The number of nitrogens with one attached hydrogen (secondary N) is 2. The van der Waals surface area contributed by atoms with Gasteiger partial charge in [0.1, 0.15) is 12.4 Å². The molecule has 1 amide bonds. The third kappa shape index (κ3) is 4.89. The molecular weight excluding hydrogens is 366 g/mol. The Labute approximate surface area is 169 Å². The molecule has 0 radical (unpaired) electrons. The summed E-state index contributed by atoms with van der Waals surface area (Å²) in [6.07, 6.45) is 3.06. The van der Waals surface area contributed by atoms with E-state index in [9.17, 15) is 4.79 Å². The second-order valence-electron chi connectivity index (χ2n) is 6.78. The molecule has 2 aromatic carbocycles. The molecule has 148 valence electrons. The summed E-state index contributed by atoms with van der Waals surface area (Å²) >= 11 is 0. The minimum Gasteiger partial charge on any atom is -0.488 e. The van der Waals surface area contributed by atoms with Gasteiger partial charge in [0, 0.05) is 31.9 Å². The summed E-state index contributed by atoms with van der Waals surface area (Å²) in [6.45, 7) is 4.05.